The van der Waals surface area contributed by atoms with E-state index in [0.29, 0.717) is 0 Å². The summed E-state index contributed by atoms with van der Waals surface area (Å²) in [7, 11) is 2.73. The molecule has 0 atom stereocenters. The second kappa shape index (κ2) is 3.74. The minimum absolute atomic E-state index is 0.332. The van der Waals surface area contributed by atoms with Crippen molar-refractivity contribution in [3.8, 4) is 0 Å². The third-order valence-corrected chi connectivity index (χ3v) is 0.791. The molecule has 0 aromatic heterocycles. The maximum atomic E-state index is 12.2. The first-order chi connectivity index (χ1) is 4.12. The van der Waals surface area contributed by atoms with Crippen molar-refractivity contribution >= 4 is 0 Å². The Morgan fingerprint density at radius 3 is 2.44 bits per heavy atom. The van der Waals surface area contributed by atoms with E-state index in [0.717, 1.165) is 0 Å². The second-order valence-electron chi connectivity index (χ2n) is 1.82. The highest BCUT2D eigenvalue weighted by molar-refractivity contribution is 4.66. The van der Waals surface area contributed by atoms with E-state index in [9.17, 15) is 8.78 Å². The van der Waals surface area contributed by atoms with E-state index in [1.54, 1.807) is 0 Å². The fourth-order valence-corrected chi connectivity index (χ4v) is 0.521. The number of hydrogen-bond donors (Lipinski definition) is 1. The smallest absolute Gasteiger partial charge is 0.283 e. The van der Waals surface area contributed by atoms with Crippen LogP contribution < -0.4 is 5.32 Å². The number of rotatable bonds is 4. The van der Waals surface area contributed by atoms with Gasteiger partial charge >= 0.3 is 0 Å². The Bertz CT molecular complexity index is 69.4. The van der Waals surface area contributed by atoms with Gasteiger partial charge < -0.3 is 10.1 Å². The molecule has 2 nitrogen and oxygen atoms in total. The van der Waals surface area contributed by atoms with Gasteiger partial charge in [-0.25, -0.2) is 8.78 Å². The average Bonchev–Trinajstić information content (AvgIpc) is 1.64. The van der Waals surface area contributed by atoms with Gasteiger partial charge in [0.05, 0.1) is 6.54 Å². The maximum Gasteiger partial charge on any atom is 0.283 e. The monoisotopic (exact) mass is 139 g/mol. The molecule has 0 fully saturated rings. The molecule has 0 radical (unpaired) electrons. The van der Waals surface area contributed by atoms with E-state index >= 15 is 0 Å². The molecule has 0 rings (SSSR count). The summed E-state index contributed by atoms with van der Waals surface area (Å²) in [6, 6.07) is 0. The van der Waals surface area contributed by atoms with Crippen LogP contribution in [0.1, 0.15) is 0 Å². The van der Waals surface area contributed by atoms with Crippen LogP contribution >= 0.6 is 0 Å². The molecule has 0 saturated carbocycles. The first-order valence-electron chi connectivity index (χ1n) is 2.64. The summed E-state index contributed by atoms with van der Waals surface area (Å²) < 4.78 is 28.7. The molecule has 0 bridgehead atoms. The molecule has 9 heavy (non-hydrogen) atoms. The van der Waals surface area contributed by atoms with Crippen molar-refractivity contribution in [2.24, 2.45) is 0 Å². The lowest BCUT2D eigenvalue weighted by atomic mass is 10.3. The molecule has 0 saturated heterocycles. The van der Waals surface area contributed by atoms with Crippen LogP contribution in [0.3, 0.4) is 0 Å². The molecular formula is C5H11F2NO. The van der Waals surface area contributed by atoms with Crippen molar-refractivity contribution in [1.29, 1.82) is 0 Å². The highest BCUT2D eigenvalue weighted by Gasteiger charge is 2.27. The summed E-state index contributed by atoms with van der Waals surface area (Å²) in [6.07, 6.45) is 0. The summed E-state index contributed by atoms with van der Waals surface area (Å²) in [5.74, 6) is -2.73. The Labute approximate surface area is 53.2 Å². The van der Waals surface area contributed by atoms with Gasteiger partial charge in [-0.3, -0.25) is 0 Å². The molecule has 0 aliphatic heterocycles. The number of nitrogens with one attached hydrogen (secondary N) is 1. The van der Waals surface area contributed by atoms with Crippen molar-refractivity contribution < 1.29 is 13.5 Å². The van der Waals surface area contributed by atoms with E-state index < -0.39 is 12.5 Å². The minimum atomic E-state index is -2.73. The predicted molar refractivity (Wildman–Crippen MR) is 30.7 cm³/mol. The zero-order valence-electron chi connectivity index (χ0n) is 5.58. The molecule has 0 heterocycles. The maximum absolute atomic E-state index is 12.2. The van der Waals surface area contributed by atoms with Gasteiger partial charge in [-0.15, -0.1) is 0 Å². The quantitative estimate of drug-likeness (QED) is 0.612. The summed E-state index contributed by atoms with van der Waals surface area (Å²) in [5, 5.41) is 2.36. The molecule has 4 heteroatoms. The van der Waals surface area contributed by atoms with Crippen LogP contribution in [0.2, 0.25) is 0 Å². The number of alkyl halides is 2. The molecule has 0 aromatic carbocycles. The topological polar surface area (TPSA) is 21.3 Å². The predicted octanol–water partition coefficient (Wildman–Crippen LogP) is 0.487. The first-order valence-corrected chi connectivity index (χ1v) is 2.64. The van der Waals surface area contributed by atoms with Crippen LogP contribution in [0.4, 0.5) is 8.78 Å². The molecule has 0 unspecified atom stereocenters. The molecule has 0 amide bonds. The Morgan fingerprint density at radius 1 is 1.56 bits per heavy atom. The van der Waals surface area contributed by atoms with Gasteiger partial charge in [-0.2, -0.15) is 0 Å². The number of ether oxygens (including phenoxy) is 1. The lowest BCUT2D eigenvalue weighted by molar-refractivity contribution is -0.0605. The van der Waals surface area contributed by atoms with Crippen LogP contribution in [-0.2, 0) is 4.74 Å². The average molecular weight is 139 g/mol. The van der Waals surface area contributed by atoms with E-state index in [1.165, 1.54) is 14.2 Å². The molecule has 1 N–H and O–H groups in total. The summed E-state index contributed by atoms with van der Waals surface area (Å²) in [5.41, 5.74) is 0. The molecular weight excluding hydrogens is 128 g/mol. The van der Waals surface area contributed by atoms with E-state index in [-0.39, 0.29) is 6.54 Å². The largest absolute Gasteiger partial charge is 0.378 e. The van der Waals surface area contributed by atoms with Gasteiger partial charge in [-0.05, 0) is 7.05 Å². The van der Waals surface area contributed by atoms with E-state index in [2.05, 4.69) is 10.1 Å². The second-order valence-corrected chi connectivity index (χ2v) is 1.82. The molecule has 56 valence electrons. The van der Waals surface area contributed by atoms with Crippen molar-refractivity contribution in [3.05, 3.63) is 0 Å². The SMILES string of the molecule is CNCC(F)(F)COC. The fourth-order valence-electron chi connectivity index (χ4n) is 0.521. The third-order valence-electron chi connectivity index (χ3n) is 0.791. The zero-order chi connectivity index (χ0) is 7.33. The molecule has 0 spiro atoms. The van der Waals surface area contributed by atoms with E-state index in [1.807, 2.05) is 0 Å². The number of halogens is 2. The van der Waals surface area contributed by atoms with Crippen molar-refractivity contribution in [2.75, 3.05) is 27.3 Å². The zero-order valence-corrected chi connectivity index (χ0v) is 5.58. The normalized spacial score (nSPS) is 12.0. The van der Waals surface area contributed by atoms with Gasteiger partial charge in [0, 0.05) is 7.11 Å². The first kappa shape index (κ1) is 8.78. The molecule has 0 aliphatic carbocycles. The Kier molecular flexibility index (Phi) is 3.65. The van der Waals surface area contributed by atoms with Gasteiger partial charge in [0.1, 0.15) is 6.61 Å². The lowest BCUT2D eigenvalue weighted by Crippen LogP contribution is -2.34. The van der Waals surface area contributed by atoms with Crippen molar-refractivity contribution in [3.63, 3.8) is 0 Å². The fraction of sp³-hybridized carbons (Fsp3) is 1.00. The Morgan fingerprint density at radius 2 is 2.11 bits per heavy atom. The molecule has 0 aliphatic rings. The van der Waals surface area contributed by atoms with Crippen LogP contribution in [0.15, 0.2) is 0 Å². The number of hydrogen-bond acceptors (Lipinski definition) is 2. The molecule has 0 aromatic rings. The van der Waals surface area contributed by atoms with Crippen molar-refractivity contribution in [2.45, 2.75) is 5.92 Å². The van der Waals surface area contributed by atoms with E-state index in [4.69, 9.17) is 0 Å². The van der Waals surface area contributed by atoms with Crippen LogP contribution in [0, 0.1) is 0 Å². The highest BCUT2D eigenvalue weighted by Crippen LogP contribution is 2.10. The van der Waals surface area contributed by atoms with Gasteiger partial charge in [0.15, 0.2) is 0 Å². The number of methoxy groups -OCH3 is 1. The Hall–Kier alpha value is -0.220. The Balaban J connectivity index is 3.43. The van der Waals surface area contributed by atoms with Crippen molar-refractivity contribution in [1.82, 2.24) is 5.32 Å². The lowest BCUT2D eigenvalue weighted by Gasteiger charge is -2.13. The third kappa shape index (κ3) is 4.29. The van der Waals surface area contributed by atoms with Crippen LogP contribution in [0.25, 0.3) is 0 Å². The summed E-state index contributed by atoms with van der Waals surface area (Å²) in [4.78, 5) is 0. The summed E-state index contributed by atoms with van der Waals surface area (Å²) in [6.45, 7) is -0.852. The van der Waals surface area contributed by atoms with Gasteiger partial charge in [0.2, 0.25) is 0 Å². The minimum Gasteiger partial charge on any atom is -0.378 e. The van der Waals surface area contributed by atoms with Gasteiger partial charge in [-0.1, -0.05) is 0 Å². The van der Waals surface area contributed by atoms with Gasteiger partial charge in [0.25, 0.3) is 5.92 Å². The van der Waals surface area contributed by atoms with Crippen LogP contribution in [-0.4, -0.2) is 33.2 Å². The highest BCUT2D eigenvalue weighted by atomic mass is 19.3. The van der Waals surface area contributed by atoms with Crippen LogP contribution in [0.5, 0.6) is 0 Å². The standard InChI is InChI=1S/C5H11F2NO/c1-8-3-5(6,7)4-9-2/h8H,3-4H2,1-2H3. The summed E-state index contributed by atoms with van der Waals surface area (Å²) >= 11 is 0.